The minimum absolute atomic E-state index is 0.598. The van der Waals surface area contributed by atoms with Crippen molar-refractivity contribution in [2.24, 2.45) is 0 Å². The Morgan fingerprint density at radius 1 is 0.552 bits per heavy atom. The van der Waals surface area contributed by atoms with Gasteiger partial charge in [0.25, 0.3) is 0 Å². The van der Waals surface area contributed by atoms with Gasteiger partial charge in [-0.1, -0.05) is 50.2 Å². The number of hydrogen-bond donors (Lipinski definition) is 0. The third-order valence-electron chi connectivity index (χ3n) is 4.23. The van der Waals surface area contributed by atoms with E-state index in [-0.39, 0.29) is 0 Å². The van der Waals surface area contributed by atoms with E-state index in [0.29, 0.717) is 5.92 Å². The number of ether oxygens (including phenoxy) is 3. The molecule has 0 amide bonds. The van der Waals surface area contributed by atoms with Crippen molar-refractivity contribution in [2.45, 2.75) is 33.6 Å². The van der Waals surface area contributed by atoms with Crippen molar-refractivity contribution in [1.29, 1.82) is 0 Å². The summed E-state index contributed by atoms with van der Waals surface area (Å²) in [6, 6.07) is 24.1. The molecular weight excluding hydrogens is 360 g/mol. The SMILES string of the molecule is COc1ccc(C(C)C)cc1.COc1cccc(C)c1.COc1cccc(C)c1. The summed E-state index contributed by atoms with van der Waals surface area (Å²) in [4.78, 5) is 0. The fourth-order valence-corrected chi connectivity index (χ4v) is 2.47. The van der Waals surface area contributed by atoms with Crippen molar-refractivity contribution < 1.29 is 14.2 Å². The van der Waals surface area contributed by atoms with E-state index >= 15 is 0 Å². The van der Waals surface area contributed by atoms with E-state index in [2.05, 4.69) is 26.0 Å². The number of aryl methyl sites for hydroxylation is 2. The van der Waals surface area contributed by atoms with Crippen molar-refractivity contribution in [1.82, 2.24) is 0 Å². The van der Waals surface area contributed by atoms with Crippen LogP contribution in [0.3, 0.4) is 0 Å². The van der Waals surface area contributed by atoms with Gasteiger partial charge in [0.1, 0.15) is 17.2 Å². The van der Waals surface area contributed by atoms with Gasteiger partial charge in [-0.05, 0) is 72.9 Å². The zero-order valence-corrected chi connectivity index (χ0v) is 18.7. The Morgan fingerprint density at radius 3 is 1.24 bits per heavy atom. The van der Waals surface area contributed by atoms with Crippen LogP contribution in [0.25, 0.3) is 0 Å². The summed E-state index contributed by atoms with van der Waals surface area (Å²) in [5.74, 6) is 3.38. The average molecular weight is 395 g/mol. The highest BCUT2D eigenvalue weighted by molar-refractivity contribution is 5.29. The lowest BCUT2D eigenvalue weighted by molar-refractivity contribution is 0.414. The molecule has 3 nitrogen and oxygen atoms in total. The molecule has 0 aliphatic rings. The number of methoxy groups -OCH3 is 3. The van der Waals surface area contributed by atoms with Crippen LogP contribution in [0.2, 0.25) is 0 Å². The van der Waals surface area contributed by atoms with Crippen LogP contribution in [0.1, 0.15) is 36.5 Å². The van der Waals surface area contributed by atoms with Gasteiger partial charge in [-0.3, -0.25) is 0 Å². The minimum Gasteiger partial charge on any atom is -0.497 e. The van der Waals surface area contributed by atoms with Crippen LogP contribution in [0, 0.1) is 13.8 Å². The molecule has 156 valence electrons. The molecule has 29 heavy (non-hydrogen) atoms. The molecular formula is C26H34O3. The van der Waals surface area contributed by atoms with Crippen LogP contribution < -0.4 is 14.2 Å². The zero-order chi connectivity index (χ0) is 21.6. The third kappa shape index (κ3) is 9.70. The van der Waals surface area contributed by atoms with E-state index in [1.807, 2.05) is 74.5 Å². The van der Waals surface area contributed by atoms with Gasteiger partial charge < -0.3 is 14.2 Å². The first-order chi connectivity index (χ1) is 13.9. The predicted octanol–water partition coefficient (Wildman–Crippen LogP) is 6.83. The summed E-state index contributed by atoms with van der Waals surface area (Å²) in [6.45, 7) is 8.45. The topological polar surface area (TPSA) is 27.7 Å². The first-order valence-corrected chi connectivity index (χ1v) is 9.74. The minimum atomic E-state index is 0.598. The lowest BCUT2D eigenvalue weighted by Gasteiger charge is -2.05. The Morgan fingerprint density at radius 2 is 0.966 bits per heavy atom. The fourth-order valence-electron chi connectivity index (χ4n) is 2.47. The second kappa shape index (κ2) is 13.3. The first kappa shape index (κ1) is 24.1. The number of benzene rings is 3. The molecule has 3 aromatic rings. The van der Waals surface area contributed by atoms with Crippen molar-refractivity contribution in [3.05, 3.63) is 89.5 Å². The van der Waals surface area contributed by atoms with Crippen LogP contribution in [-0.2, 0) is 0 Å². The van der Waals surface area contributed by atoms with Gasteiger partial charge in [-0.25, -0.2) is 0 Å². The Labute approximate surface area is 176 Å². The van der Waals surface area contributed by atoms with Gasteiger partial charge >= 0.3 is 0 Å². The van der Waals surface area contributed by atoms with E-state index in [1.165, 1.54) is 16.7 Å². The molecule has 0 N–H and O–H groups in total. The largest absolute Gasteiger partial charge is 0.497 e. The van der Waals surface area contributed by atoms with Gasteiger partial charge in [0.2, 0.25) is 0 Å². The van der Waals surface area contributed by atoms with Gasteiger partial charge in [0.05, 0.1) is 21.3 Å². The Kier molecular flexibility index (Phi) is 11.0. The van der Waals surface area contributed by atoms with E-state index < -0.39 is 0 Å². The van der Waals surface area contributed by atoms with E-state index in [0.717, 1.165) is 17.2 Å². The Bertz CT molecular complexity index is 778. The molecule has 3 aromatic carbocycles. The standard InChI is InChI=1S/C10H14O.2C8H10O/c1-8(2)9-4-6-10(11-3)7-5-9;2*1-7-4-3-5-8(6-7)9-2/h4-8H,1-3H3;2*3-6H,1-2H3. The van der Waals surface area contributed by atoms with E-state index in [1.54, 1.807) is 21.3 Å². The zero-order valence-electron chi connectivity index (χ0n) is 18.7. The van der Waals surface area contributed by atoms with Gasteiger partial charge in [0, 0.05) is 0 Å². The van der Waals surface area contributed by atoms with Gasteiger partial charge in [0.15, 0.2) is 0 Å². The number of hydrogen-bond acceptors (Lipinski definition) is 3. The highest BCUT2D eigenvalue weighted by atomic mass is 16.5. The lowest BCUT2D eigenvalue weighted by Crippen LogP contribution is -1.87. The summed E-state index contributed by atoms with van der Waals surface area (Å²) in [6.07, 6.45) is 0. The maximum Gasteiger partial charge on any atom is 0.119 e. The quantitative estimate of drug-likeness (QED) is 0.485. The molecule has 0 radical (unpaired) electrons. The highest BCUT2D eigenvalue weighted by Crippen LogP contribution is 2.17. The molecule has 3 heteroatoms. The second-order valence-corrected chi connectivity index (χ2v) is 6.97. The van der Waals surface area contributed by atoms with Crippen molar-refractivity contribution in [3.63, 3.8) is 0 Å². The fraction of sp³-hybridized carbons (Fsp3) is 0.308. The van der Waals surface area contributed by atoms with Crippen LogP contribution in [0.4, 0.5) is 0 Å². The monoisotopic (exact) mass is 394 g/mol. The molecule has 0 unspecified atom stereocenters. The average Bonchev–Trinajstić information content (AvgIpc) is 2.74. The van der Waals surface area contributed by atoms with Crippen molar-refractivity contribution in [2.75, 3.05) is 21.3 Å². The maximum atomic E-state index is 5.05. The molecule has 0 saturated carbocycles. The molecule has 0 atom stereocenters. The van der Waals surface area contributed by atoms with E-state index in [4.69, 9.17) is 14.2 Å². The Hall–Kier alpha value is -2.94. The van der Waals surface area contributed by atoms with Crippen LogP contribution in [0.5, 0.6) is 17.2 Å². The summed E-state index contributed by atoms with van der Waals surface area (Å²) < 4.78 is 15.0. The Balaban J connectivity index is 0.000000219. The molecule has 0 fully saturated rings. The third-order valence-corrected chi connectivity index (χ3v) is 4.23. The summed E-state index contributed by atoms with van der Waals surface area (Å²) >= 11 is 0. The summed E-state index contributed by atoms with van der Waals surface area (Å²) in [5, 5.41) is 0. The smallest absolute Gasteiger partial charge is 0.119 e. The van der Waals surface area contributed by atoms with Gasteiger partial charge in [-0.15, -0.1) is 0 Å². The summed E-state index contributed by atoms with van der Waals surface area (Å²) in [7, 11) is 5.04. The van der Waals surface area contributed by atoms with Crippen LogP contribution in [0.15, 0.2) is 72.8 Å². The second-order valence-electron chi connectivity index (χ2n) is 6.97. The van der Waals surface area contributed by atoms with Crippen LogP contribution >= 0.6 is 0 Å². The molecule has 0 aromatic heterocycles. The predicted molar refractivity (Wildman–Crippen MR) is 123 cm³/mol. The molecule has 0 saturated heterocycles. The number of rotatable bonds is 4. The highest BCUT2D eigenvalue weighted by Gasteiger charge is 1.97. The molecule has 3 rings (SSSR count). The van der Waals surface area contributed by atoms with Crippen molar-refractivity contribution in [3.8, 4) is 17.2 Å². The molecule has 0 aliphatic carbocycles. The molecule has 0 bridgehead atoms. The molecule has 0 aliphatic heterocycles. The summed E-state index contributed by atoms with van der Waals surface area (Å²) in [5.41, 5.74) is 3.81. The van der Waals surface area contributed by atoms with Crippen LogP contribution in [-0.4, -0.2) is 21.3 Å². The molecule has 0 heterocycles. The molecule has 0 spiro atoms. The lowest BCUT2D eigenvalue weighted by atomic mass is 10.0. The van der Waals surface area contributed by atoms with E-state index in [9.17, 15) is 0 Å². The van der Waals surface area contributed by atoms with Gasteiger partial charge in [-0.2, -0.15) is 0 Å². The normalized spacial score (nSPS) is 9.52. The van der Waals surface area contributed by atoms with Crippen molar-refractivity contribution >= 4 is 0 Å². The first-order valence-electron chi connectivity index (χ1n) is 9.74. The maximum absolute atomic E-state index is 5.05.